The van der Waals surface area contributed by atoms with E-state index in [1.54, 1.807) is 6.20 Å². The van der Waals surface area contributed by atoms with E-state index in [-0.39, 0.29) is 24.8 Å². The molecule has 0 fully saturated rings. The summed E-state index contributed by atoms with van der Waals surface area (Å²) in [5, 5.41) is 14.7. The first kappa shape index (κ1) is 39.0. The SMILES string of the molecule is NCCCCC1NC(=O)[C@@H](CCCN)NCc2cccnc2Sc2c(ccc(-c3ccccc3)c2Cl)CNC(=O)[C@H](Cc2c[nH]c3ccccc23)NC1=O. The quantitative estimate of drug-likeness (QED) is 0.0948. The summed E-state index contributed by atoms with van der Waals surface area (Å²) in [6.07, 6.45) is 6.53. The molecule has 1 aliphatic rings. The van der Waals surface area contributed by atoms with Crippen LogP contribution in [0, 0.1) is 0 Å². The third kappa shape index (κ3) is 9.68. The second kappa shape index (κ2) is 19.0. The van der Waals surface area contributed by atoms with Gasteiger partial charge in [-0.1, -0.05) is 90.1 Å². The Morgan fingerprint density at radius 2 is 1.48 bits per heavy atom. The molecular formula is C41H47ClN8O3S. The Labute approximate surface area is 324 Å². The summed E-state index contributed by atoms with van der Waals surface area (Å²) in [6.45, 7) is 1.34. The Kier molecular flexibility index (Phi) is 13.7. The van der Waals surface area contributed by atoms with Crippen molar-refractivity contribution in [2.45, 2.75) is 79.7 Å². The van der Waals surface area contributed by atoms with Gasteiger partial charge in [0, 0.05) is 53.3 Å². The molecule has 6 rings (SSSR count). The Morgan fingerprint density at radius 1 is 0.741 bits per heavy atom. The predicted octanol–water partition coefficient (Wildman–Crippen LogP) is 5.20. The number of fused-ring (bicyclic) bond motifs is 3. The molecular weight excluding hydrogens is 720 g/mol. The number of hydrogen-bond acceptors (Lipinski definition) is 8. The Balaban J connectivity index is 1.41. The third-order valence-corrected chi connectivity index (χ3v) is 11.4. The zero-order valence-corrected chi connectivity index (χ0v) is 31.6. The van der Waals surface area contributed by atoms with Crippen molar-refractivity contribution in [3.05, 3.63) is 113 Å². The topological polar surface area (TPSA) is 180 Å². The minimum Gasteiger partial charge on any atom is -0.361 e. The van der Waals surface area contributed by atoms with E-state index in [9.17, 15) is 14.4 Å². The van der Waals surface area contributed by atoms with Crippen molar-refractivity contribution < 1.29 is 14.4 Å². The number of unbranched alkanes of at least 4 members (excludes halogenated alkanes) is 1. The molecule has 0 saturated heterocycles. The molecule has 13 heteroatoms. The van der Waals surface area contributed by atoms with Crippen LogP contribution in [-0.4, -0.2) is 58.9 Å². The monoisotopic (exact) mass is 766 g/mol. The Bertz CT molecular complexity index is 2060. The predicted molar refractivity (Wildman–Crippen MR) is 215 cm³/mol. The minimum absolute atomic E-state index is 0.147. The van der Waals surface area contributed by atoms with Crippen molar-refractivity contribution in [2.24, 2.45) is 11.5 Å². The highest BCUT2D eigenvalue weighted by molar-refractivity contribution is 7.99. The third-order valence-electron chi connectivity index (χ3n) is 9.63. The summed E-state index contributed by atoms with van der Waals surface area (Å²) in [5.74, 6) is -1.13. The van der Waals surface area contributed by atoms with Crippen LogP contribution in [0.1, 0.15) is 48.8 Å². The molecule has 3 atom stereocenters. The van der Waals surface area contributed by atoms with E-state index in [4.69, 9.17) is 28.1 Å². The summed E-state index contributed by atoms with van der Waals surface area (Å²) in [7, 11) is 0. The molecule has 0 radical (unpaired) electrons. The van der Waals surface area contributed by atoms with Crippen LogP contribution < -0.4 is 32.7 Å². The van der Waals surface area contributed by atoms with Crippen LogP contribution in [0.5, 0.6) is 0 Å². The molecule has 11 nitrogen and oxygen atoms in total. The molecule has 5 aromatic rings. The zero-order chi connectivity index (χ0) is 37.9. The standard InChI is InChI=1S/C41H47ClN8O3S/c42-36-31(26-10-2-1-3-11-26)18-17-27-23-48-38(51)35(22-29-25-46-32-14-5-4-13-30(29)32)50-40(53)34(15-6-7-19-43)49-39(52)33(16-8-20-44)47-24-28-12-9-21-45-41(28)54-37(27)36/h1-5,9-14,17-18,21,25,33-35,46-47H,6-8,15-16,19-20,22-24,43-44H2,(H,48,51)(H,49,52)(H,50,53)/t33-,34?,35+/m1/s1. The van der Waals surface area contributed by atoms with Gasteiger partial charge in [0.2, 0.25) is 17.7 Å². The number of carbonyl (C=O) groups excluding carboxylic acids is 3. The second-order valence-corrected chi connectivity index (χ2v) is 14.8. The Hall–Kier alpha value is -4.72. The number of rotatable bonds is 10. The maximum Gasteiger partial charge on any atom is 0.243 e. The molecule has 3 heterocycles. The zero-order valence-electron chi connectivity index (χ0n) is 30.1. The molecule has 0 spiro atoms. The van der Waals surface area contributed by atoms with Gasteiger partial charge in [-0.3, -0.25) is 14.4 Å². The first-order valence-corrected chi connectivity index (χ1v) is 19.6. The molecule has 9 N–H and O–H groups in total. The van der Waals surface area contributed by atoms with E-state index in [1.807, 2.05) is 85.1 Å². The number of amides is 3. The van der Waals surface area contributed by atoms with Gasteiger partial charge in [0.15, 0.2) is 0 Å². The number of nitrogens with zero attached hydrogens (tertiary/aromatic N) is 1. The number of nitrogens with one attached hydrogen (secondary N) is 5. The van der Waals surface area contributed by atoms with Crippen LogP contribution in [0.15, 0.2) is 101 Å². The van der Waals surface area contributed by atoms with Gasteiger partial charge >= 0.3 is 0 Å². The second-order valence-electron chi connectivity index (χ2n) is 13.4. The largest absolute Gasteiger partial charge is 0.361 e. The number of aromatic nitrogens is 2. The molecule has 3 amide bonds. The first-order valence-electron chi connectivity index (χ1n) is 18.4. The highest BCUT2D eigenvalue weighted by Gasteiger charge is 2.30. The number of pyridine rings is 1. The van der Waals surface area contributed by atoms with E-state index < -0.39 is 24.0 Å². The summed E-state index contributed by atoms with van der Waals surface area (Å²) < 4.78 is 0. The lowest BCUT2D eigenvalue weighted by Crippen LogP contribution is -2.56. The number of benzene rings is 3. The van der Waals surface area contributed by atoms with Gasteiger partial charge < -0.3 is 37.7 Å². The van der Waals surface area contributed by atoms with Crippen molar-refractivity contribution in [1.29, 1.82) is 0 Å². The Morgan fingerprint density at radius 3 is 2.30 bits per heavy atom. The smallest absolute Gasteiger partial charge is 0.243 e. The number of halogens is 1. The van der Waals surface area contributed by atoms with Gasteiger partial charge in [0.05, 0.1) is 11.1 Å². The molecule has 1 aliphatic heterocycles. The van der Waals surface area contributed by atoms with Gasteiger partial charge in [0.1, 0.15) is 17.1 Å². The molecule has 0 saturated carbocycles. The van der Waals surface area contributed by atoms with E-state index in [1.165, 1.54) is 11.8 Å². The fraction of sp³-hybridized carbons (Fsp3) is 0.317. The summed E-state index contributed by atoms with van der Waals surface area (Å²) in [5.41, 5.74) is 16.9. The van der Waals surface area contributed by atoms with Gasteiger partial charge in [-0.15, -0.1) is 0 Å². The summed E-state index contributed by atoms with van der Waals surface area (Å²) in [4.78, 5) is 51.1. The van der Waals surface area contributed by atoms with Crippen molar-refractivity contribution in [2.75, 3.05) is 13.1 Å². The molecule has 0 bridgehead atoms. The average molecular weight is 767 g/mol. The number of hydrogen-bond donors (Lipinski definition) is 7. The van der Waals surface area contributed by atoms with E-state index in [0.717, 1.165) is 43.6 Å². The number of para-hydroxylation sites is 1. The normalized spacial score (nSPS) is 18.6. The molecule has 282 valence electrons. The molecule has 54 heavy (non-hydrogen) atoms. The minimum atomic E-state index is -0.954. The highest BCUT2D eigenvalue weighted by Crippen LogP contribution is 2.42. The lowest BCUT2D eigenvalue weighted by Gasteiger charge is -2.25. The molecule has 1 unspecified atom stereocenters. The van der Waals surface area contributed by atoms with Gasteiger partial charge in [-0.2, -0.15) is 0 Å². The molecule has 3 aromatic carbocycles. The maximum absolute atomic E-state index is 14.2. The van der Waals surface area contributed by atoms with Crippen LogP contribution in [-0.2, 0) is 33.9 Å². The fourth-order valence-corrected chi connectivity index (χ4v) is 8.11. The van der Waals surface area contributed by atoms with Crippen molar-refractivity contribution >= 4 is 52.0 Å². The van der Waals surface area contributed by atoms with Crippen LogP contribution in [0.2, 0.25) is 5.02 Å². The summed E-state index contributed by atoms with van der Waals surface area (Å²) in [6, 6.07) is 23.0. The molecule has 0 aliphatic carbocycles. The fourth-order valence-electron chi connectivity index (χ4n) is 6.66. The molecule has 2 aromatic heterocycles. The van der Waals surface area contributed by atoms with Crippen molar-refractivity contribution in [1.82, 2.24) is 31.2 Å². The van der Waals surface area contributed by atoms with E-state index in [0.29, 0.717) is 61.8 Å². The van der Waals surface area contributed by atoms with Crippen LogP contribution in [0.4, 0.5) is 0 Å². The summed E-state index contributed by atoms with van der Waals surface area (Å²) >= 11 is 8.66. The number of nitrogens with two attached hydrogens (primary N) is 2. The number of aromatic amines is 1. The van der Waals surface area contributed by atoms with Crippen LogP contribution in [0.3, 0.4) is 0 Å². The number of H-pyrrole nitrogens is 1. The van der Waals surface area contributed by atoms with Gasteiger partial charge in [-0.05, 0) is 79.6 Å². The average Bonchev–Trinajstić information content (AvgIpc) is 3.60. The highest BCUT2D eigenvalue weighted by atomic mass is 35.5. The van der Waals surface area contributed by atoms with Gasteiger partial charge in [-0.25, -0.2) is 4.98 Å². The van der Waals surface area contributed by atoms with E-state index >= 15 is 0 Å². The van der Waals surface area contributed by atoms with E-state index in [2.05, 4.69) is 26.3 Å². The van der Waals surface area contributed by atoms with Crippen LogP contribution in [0.25, 0.3) is 22.0 Å². The maximum atomic E-state index is 14.2. The number of carbonyl (C=O) groups is 3. The van der Waals surface area contributed by atoms with Crippen molar-refractivity contribution in [3.63, 3.8) is 0 Å². The lowest BCUT2D eigenvalue weighted by molar-refractivity contribution is -0.132. The van der Waals surface area contributed by atoms with Gasteiger partial charge in [0.25, 0.3) is 0 Å². The van der Waals surface area contributed by atoms with Crippen molar-refractivity contribution in [3.8, 4) is 11.1 Å². The van der Waals surface area contributed by atoms with Crippen LogP contribution >= 0.6 is 23.4 Å². The first-order chi connectivity index (χ1) is 26.4. The lowest BCUT2D eigenvalue weighted by atomic mass is 10.0.